The van der Waals surface area contributed by atoms with Gasteiger partial charge in [0.25, 0.3) is 0 Å². The summed E-state index contributed by atoms with van der Waals surface area (Å²) in [6, 6.07) is 12.1. The van der Waals surface area contributed by atoms with E-state index >= 15 is 0 Å². The van der Waals surface area contributed by atoms with Gasteiger partial charge in [-0.05, 0) is 24.3 Å². The maximum absolute atomic E-state index is 12.8. The average molecular weight is 328 g/mol. The van der Waals surface area contributed by atoms with Gasteiger partial charge in [-0.15, -0.1) is 0 Å². The van der Waals surface area contributed by atoms with Crippen LogP contribution in [-0.4, -0.2) is 43.9 Å². The highest BCUT2D eigenvalue weighted by atomic mass is 32.2. The normalized spacial score (nSPS) is 16.0. The molecule has 23 heavy (non-hydrogen) atoms. The highest BCUT2D eigenvalue weighted by Crippen LogP contribution is 2.22. The van der Waals surface area contributed by atoms with Gasteiger partial charge in [0, 0.05) is 32.4 Å². The fourth-order valence-electron chi connectivity index (χ4n) is 2.65. The first-order valence-electron chi connectivity index (χ1n) is 7.27. The molecule has 7 heteroatoms. The Morgan fingerprint density at radius 3 is 2.43 bits per heavy atom. The molecule has 118 valence electrons. The van der Waals surface area contributed by atoms with E-state index in [9.17, 15) is 8.42 Å². The molecule has 1 fully saturated rings. The zero-order valence-electron chi connectivity index (χ0n) is 12.5. The van der Waals surface area contributed by atoms with Gasteiger partial charge in [0.05, 0.1) is 22.3 Å². The minimum Gasteiger partial charge on any atom is -0.368 e. The van der Waals surface area contributed by atoms with Crippen molar-refractivity contribution in [1.82, 2.24) is 9.29 Å². The smallest absolute Gasteiger partial charge is 0.244 e. The van der Waals surface area contributed by atoms with Gasteiger partial charge < -0.3 is 4.90 Å². The van der Waals surface area contributed by atoms with Crippen molar-refractivity contribution in [2.75, 3.05) is 31.1 Å². The Morgan fingerprint density at radius 1 is 1.04 bits per heavy atom. The van der Waals surface area contributed by atoms with E-state index in [1.165, 1.54) is 16.4 Å². The molecule has 0 unspecified atom stereocenters. The number of hydrogen-bond acceptors (Lipinski definition) is 5. The molecule has 2 aromatic rings. The first-order chi connectivity index (χ1) is 11.1. The van der Waals surface area contributed by atoms with Crippen LogP contribution < -0.4 is 4.90 Å². The Morgan fingerprint density at radius 2 is 1.78 bits per heavy atom. The van der Waals surface area contributed by atoms with Crippen LogP contribution in [0.2, 0.25) is 0 Å². The summed E-state index contributed by atoms with van der Waals surface area (Å²) >= 11 is 0. The lowest BCUT2D eigenvalue weighted by atomic mass is 10.2. The van der Waals surface area contributed by atoms with Gasteiger partial charge in [-0.3, -0.25) is 4.98 Å². The minimum absolute atomic E-state index is 0.0809. The molecule has 0 radical (unpaired) electrons. The monoisotopic (exact) mass is 328 g/mol. The Hall–Kier alpha value is -2.43. The number of piperazine rings is 1. The van der Waals surface area contributed by atoms with E-state index in [4.69, 9.17) is 5.26 Å². The van der Waals surface area contributed by atoms with Crippen molar-refractivity contribution >= 4 is 15.7 Å². The van der Waals surface area contributed by atoms with Gasteiger partial charge in [0.1, 0.15) is 6.07 Å². The lowest BCUT2D eigenvalue weighted by Gasteiger charge is -2.35. The van der Waals surface area contributed by atoms with Crippen LogP contribution in [0, 0.1) is 11.3 Å². The van der Waals surface area contributed by atoms with Crippen molar-refractivity contribution in [2.45, 2.75) is 4.90 Å². The van der Waals surface area contributed by atoms with Crippen molar-refractivity contribution in [3.63, 3.8) is 0 Å². The van der Waals surface area contributed by atoms with Crippen LogP contribution >= 0.6 is 0 Å². The van der Waals surface area contributed by atoms with Crippen LogP contribution in [0.1, 0.15) is 5.56 Å². The number of anilines is 1. The van der Waals surface area contributed by atoms with Gasteiger partial charge in [-0.2, -0.15) is 9.57 Å². The van der Waals surface area contributed by atoms with E-state index in [-0.39, 0.29) is 10.5 Å². The molecular weight excluding hydrogens is 312 g/mol. The van der Waals surface area contributed by atoms with Gasteiger partial charge >= 0.3 is 0 Å². The molecule has 0 saturated carbocycles. The summed E-state index contributed by atoms with van der Waals surface area (Å²) < 4.78 is 26.9. The number of rotatable bonds is 3. The molecule has 1 aromatic carbocycles. The second kappa shape index (κ2) is 6.36. The third kappa shape index (κ3) is 3.04. The molecule has 0 amide bonds. The van der Waals surface area contributed by atoms with Crippen LogP contribution in [0.5, 0.6) is 0 Å². The summed E-state index contributed by atoms with van der Waals surface area (Å²) in [5, 5.41) is 9.12. The summed E-state index contributed by atoms with van der Waals surface area (Å²) in [6.45, 7) is 1.97. The lowest BCUT2D eigenvalue weighted by Crippen LogP contribution is -2.48. The SMILES string of the molecule is N#Cc1ccccc1S(=O)(=O)N1CCN(c2cccnc2)CC1. The molecule has 0 aliphatic carbocycles. The van der Waals surface area contributed by atoms with Gasteiger partial charge in [0.15, 0.2) is 0 Å². The van der Waals surface area contributed by atoms with Crippen molar-refractivity contribution in [3.8, 4) is 6.07 Å². The Labute approximate surface area is 135 Å². The summed E-state index contributed by atoms with van der Waals surface area (Å²) in [6.07, 6.45) is 3.48. The van der Waals surface area contributed by atoms with Crippen LogP contribution in [0.25, 0.3) is 0 Å². The maximum atomic E-state index is 12.8. The predicted molar refractivity (Wildman–Crippen MR) is 86.4 cm³/mol. The molecule has 1 aliphatic rings. The summed E-state index contributed by atoms with van der Waals surface area (Å²) in [7, 11) is -3.64. The first kappa shape index (κ1) is 15.5. The summed E-state index contributed by atoms with van der Waals surface area (Å²) in [5.41, 5.74) is 1.17. The van der Waals surface area contributed by atoms with E-state index in [1.54, 1.807) is 24.5 Å². The van der Waals surface area contributed by atoms with Crippen LogP contribution in [0.4, 0.5) is 5.69 Å². The number of nitrogens with zero attached hydrogens (tertiary/aromatic N) is 4. The van der Waals surface area contributed by atoms with Crippen LogP contribution in [-0.2, 0) is 10.0 Å². The van der Waals surface area contributed by atoms with Crippen LogP contribution in [0.3, 0.4) is 0 Å². The number of sulfonamides is 1. The first-order valence-corrected chi connectivity index (χ1v) is 8.71. The molecule has 0 atom stereocenters. The fraction of sp³-hybridized carbons (Fsp3) is 0.250. The number of aromatic nitrogens is 1. The topological polar surface area (TPSA) is 77.3 Å². The van der Waals surface area contributed by atoms with E-state index in [2.05, 4.69) is 9.88 Å². The standard InChI is InChI=1S/C16H16N4O2S/c17-12-14-4-1-2-6-16(14)23(21,22)20-10-8-19(9-11-20)15-5-3-7-18-13-15/h1-7,13H,8-11H2. The third-order valence-electron chi connectivity index (χ3n) is 3.88. The zero-order chi connectivity index (χ0) is 16.3. The molecule has 2 heterocycles. The molecule has 3 rings (SSSR count). The van der Waals surface area contributed by atoms with Crippen LogP contribution in [0.15, 0.2) is 53.7 Å². The molecular formula is C16H16N4O2S. The van der Waals surface area contributed by atoms with Crippen molar-refractivity contribution in [1.29, 1.82) is 5.26 Å². The molecule has 0 N–H and O–H groups in total. The quantitative estimate of drug-likeness (QED) is 0.852. The molecule has 1 aliphatic heterocycles. The maximum Gasteiger partial charge on any atom is 0.244 e. The van der Waals surface area contributed by atoms with Crippen molar-refractivity contribution in [3.05, 3.63) is 54.4 Å². The molecule has 1 saturated heterocycles. The zero-order valence-corrected chi connectivity index (χ0v) is 13.3. The van der Waals surface area contributed by atoms with Gasteiger partial charge in [-0.25, -0.2) is 8.42 Å². The highest BCUT2D eigenvalue weighted by Gasteiger charge is 2.30. The Balaban J connectivity index is 1.78. The minimum atomic E-state index is -3.64. The van der Waals surface area contributed by atoms with Gasteiger partial charge in [0.2, 0.25) is 10.0 Å². The molecule has 6 nitrogen and oxygen atoms in total. The highest BCUT2D eigenvalue weighted by molar-refractivity contribution is 7.89. The predicted octanol–water partition coefficient (Wildman–Crippen LogP) is 1.46. The molecule has 0 spiro atoms. The van der Waals surface area contributed by atoms with Gasteiger partial charge in [-0.1, -0.05) is 12.1 Å². The second-order valence-electron chi connectivity index (χ2n) is 5.21. The van der Waals surface area contributed by atoms with Crippen molar-refractivity contribution < 1.29 is 8.42 Å². The van der Waals surface area contributed by atoms with E-state index in [1.807, 2.05) is 18.2 Å². The lowest BCUT2D eigenvalue weighted by molar-refractivity contribution is 0.384. The Bertz CT molecular complexity index is 823. The number of pyridine rings is 1. The largest absolute Gasteiger partial charge is 0.368 e. The number of benzene rings is 1. The summed E-state index contributed by atoms with van der Waals surface area (Å²) in [5.74, 6) is 0. The second-order valence-corrected chi connectivity index (χ2v) is 7.12. The third-order valence-corrected chi connectivity index (χ3v) is 5.83. The van der Waals surface area contributed by atoms with Crippen molar-refractivity contribution in [2.24, 2.45) is 0 Å². The fourth-order valence-corrected chi connectivity index (χ4v) is 4.21. The number of nitriles is 1. The molecule has 0 bridgehead atoms. The summed E-state index contributed by atoms with van der Waals surface area (Å²) in [4.78, 5) is 6.28. The van der Waals surface area contributed by atoms with E-state index in [0.29, 0.717) is 26.2 Å². The average Bonchev–Trinajstić information content (AvgIpc) is 2.62. The molecule has 1 aromatic heterocycles. The van der Waals surface area contributed by atoms with E-state index < -0.39 is 10.0 Å². The van der Waals surface area contributed by atoms with E-state index in [0.717, 1.165) is 5.69 Å². The Kier molecular flexibility index (Phi) is 4.28. The number of hydrogen-bond donors (Lipinski definition) is 0.